The normalized spacial score (nSPS) is 40.5. The third-order valence-electron chi connectivity index (χ3n) is 5.47. The summed E-state index contributed by atoms with van der Waals surface area (Å²) in [6, 6.07) is 0. The van der Waals surface area contributed by atoms with Gasteiger partial charge in [0.1, 0.15) is 5.78 Å². The average molecular weight is 262 g/mol. The molecule has 3 aliphatic rings. The number of esters is 1. The van der Waals surface area contributed by atoms with Gasteiger partial charge in [0.15, 0.2) is 0 Å². The highest BCUT2D eigenvalue weighted by atomic mass is 16.5. The summed E-state index contributed by atoms with van der Waals surface area (Å²) >= 11 is 0. The molecule has 6 atom stereocenters. The van der Waals surface area contributed by atoms with Crippen LogP contribution in [-0.2, 0) is 14.3 Å². The minimum Gasteiger partial charge on any atom is -0.459 e. The second kappa shape index (κ2) is 4.46. The highest BCUT2D eigenvalue weighted by molar-refractivity contribution is 5.87. The van der Waals surface area contributed by atoms with Crippen molar-refractivity contribution in [2.24, 2.45) is 29.6 Å². The van der Waals surface area contributed by atoms with E-state index in [2.05, 4.69) is 6.58 Å². The first-order chi connectivity index (χ1) is 8.97. The van der Waals surface area contributed by atoms with E-state index in [0.717, 1.165) is 19.3 Å². The molecule has 0 aromatic heterocycles. The average Bonchev–Trinajstić information content (AvgIpc) is 2.93. The minimum absolute atomic E-state index is 0.0669. The number of fused-ring (bicyclic) bond motifs is 1. The number of rotatable bonds is 4. The molecule has 0 aromatic rings. The third-order valence-corrected chi connectivity index (χ3v) is 5.47. The van der Waals surface area contributed by atoms with Crippen molar-refractivity contribution in [1.82, 2.24) is 0 Å². The fraction of sp³-hybridized carbons (Fsp3) is 0.750. The lowest BCUT2D eigenvalue weighted by molar-refractivity contribution is -0.144. The fourth-order valence-corrected chi connectivity index (χ4v) is 4.74. The monoisotopic (exact) mass is 262 g/mol. The van der Waals surface area contributed by atoms with Crippen molar-refractivity contribution in [3.8, 4) is 0 Å². The first kappa shape index (κ1) is 12.9. The molecule has 2 bridgehead atoms. The molecule has 3 aliphatic carbocycles. The highest BCUT2D eigenvalue weighted by Gasteiger charge is 2.59. The summed E-state index contributed by atoms with van der Waals surface area (Å²) in [7, 11) is 0. The number of hydrogen-bond acceptors (Lipinski definition) is 3. The van der Waals surface area contributed by atoms with Crippen LogP contribution < -0.4 is 0 Å². The number of ketones is 1. The predicted molar refractivity (Wildman–Crippen MR) is 71.3 cm³/mol. The zero-order chi connectivity index (χ0) is 13.7. The predicted octanol–water partition coefficient (Wildman–Crippen LogP) is 2.75. The highest BCUT2D eigenvalue weighted by Crippen LogP contribution is 2.62. The van der Waals surface area contributed by atoms with Gasteiger partial charge in [0.2, 0.25) is 0 Å². The van der Waals surface area contributed by atoms with Crippen molar-refractivity contribution in [1.29, 1.82) is 0 Å². The van der Waals surface area contributed by atoms with Gasteiger partial charge in [-0.15, -0.1) is 0 Å². The molecule has 0 heterocycles. The molecular weight excluding hydrogens is 240 g/mol. The van der Waals surface area contributed by atoms with Crippen LogP contribution in [0.2, 0.25) is 0 Å². The maximum Gasteiger partial charge on any atom is 0.333 e. The van der Waals surface area contributed by atoms with Crippen molar-refractivity contribution in [3.05, 3.63) is 12.2 Å². The van der Waals surface area contributed by atoms with Gasteiger partial charge in [-0.3, -0.25) is 4.79 Å². The second-order valence-electron chi connectivity index (χ2n) is 6.73. The summed E-state index contributed by atoms with van der Waals surface area (Å²) in [5.74, 6) is 3.06. The Kier molecular flexibility index (Phi) is 3.03. The van der Waals surface area contributed by atoms with E-state index in [4.69, 9.17) is 4.74 Å². The lowest BCUT2D eigenvalue weighted by Gasteiger charge is -2.29. The van der Waals surface area contributed by atoms with E-state index in [1.165, 1.54) is 6.42 Å². The first-order valence-electron chi connectivity index (χ1n) is 7.36. The number of carbonyl (C=O) groups excluding carboxylic acids is 2. The van der Waals surface area contributed by atoms with Crippen LogP contribution >= 0.6 is 0 Å². The maximum absolute atomic E-state index is 11.9. The van der Waals surface area contributed by atoms with Crippen molar-refractivity contribution in [2.45, 2.75) is 45.6 Å². The number of Topliss-reactive ketones (excluding diaryl/α,β-unsaturated/α-hetero) is 1. The van der Waals surface area contributed by atoms with Gasteiger partial charge in [0, 0.05) is 17.9 Å². The Morgan fingerprint density at radius 2 is 2.16 bits per heavy atom. The maximum atomic E-state index is 11.9. The van der Waals surface area contributed by atoms with Crippen LogP contribution in [0.4, 0.5) is 0 Å². The number of hydrogen-bond donors (Lipinski definition) is 0. The molecule has 0 aliphatic heterocycles. The molecule has 3 saturated carbocycles. The van der Waals surface area contributed by atoms with Crippen molar-refractivity contribution in [2.75, 3.05) is 0 Å². The molecule has 6 unspecified atom stereocenters. The molecule has 0 aromatic carbocycles. The van der Waals surface area contributed by atoms with E-state index in [1.54, 1.807) is 6.92 Å². The standard InChI is InChI=1S/C16H22O3/c1-8(2)16(18)19-9(3)4-11-10-5-12-13(11)7-15(17)14(12)6-10/h9-14H,1,4-7H2,2-3H3. The molecule has 3 nitrogen and oxygen atoms in total. The van der Waals surface area contributed by atoms with Gasteiger partial charge in [-0.05, 0) is 56.8 Å². The van der Waals surface area contributed by atoms with Crippen molar-refractivity contribution >= 4 is 11.8 Å². The van der Waals surface area contributed by atoms with E-state index in [9.17, 15) is 9.59 Å². The topological polar surface area (TPSA) is 43.4 Å². The molecule has 104 valence electrons. The molecule has 19 heavy (non-hydrogen) atoms. The Morgan fingerprint density at radius 1 is 1.42 bits per heavy atom. The second-order valence-corrected chi connectivity index (χ2v) is 6.73. The van der Waals surface area contributed by atoms with E-state index in [0.29, 0.717) is 40.9 Å². The molecule has 3 rings (SSSR count). The van der Waals surface area contributed by atoms with Crippen LogP contribution in [0.3, 0.4) is 0 Å². The Labute approximate surface area is 114 Å². The van der Waals surface area contributed by atoms with Gasteiger partial charge in [-0.25, -0.2) is 4.79 Å². The van der Waals surface area contributed by atoms with E-state index in [1.807, 2.05) is 6.92 Å². The zero-order valence-electron chi connectivity index (χ0n) is 11.7. The molecule has 0 N–H and O–H groups in total. The first-order valence-corrected chi connectivity index (χ1v) is 7.36. The van der Waals surface area contributed by atoms with Crippen LogP contribution in [0.1, 0.15) is 39.5 Å². The third kappa shape index (κ3) is 2.03. The van der Waals surface area contributed by atoms with Crippen LogP contribution in [-0.4, -0.2) is 17.9 Å². The van der Waals surface area contributed by atoms with Gasteiger partial charge in [-0.2, -0.15) is 0 Å². The van der Waals surface area contributed by atoms with Gasteiger partial charge in [0.25, 0.3) is 0 Å². The van der Waals surface area contributed by atoms with Gasteiger partial charge < -0.3 is 4.74 Å². The summed E-state index contributed by atoms with van der Waals surface area (Å²) in [6.07, 6.45) is 3.93. The summed E-state index contributed by atoms with van der Waals surface area (Å²) in [4.78, 5) is 23.4. The Bertz CT molecular complexity index is 439. The molecule has 0 saturated heterocycles. The zero-order valence-corrected chi connectivity index (χ0v) is 11.7. The Morgan fingerprint density at radius 3 is 2.84 bits per heavy atom. The van der Waals surface area contributed by atoms with Crippen LogP contribution in [0.5, 0.6) is 0 Å². The van der Waals surface area contributed by atoms with Gasteiger partial charge >= 0.3 is 5.97 Å². The SMILES string of the molecule is C=C(C)C(=O)OC(C)CC1C2CC3C(=O)CC1C3C2. The molecule has 0 spiro atoms. The van der Waals surface area contributed by atoms with E-state index in [-0.39, 0.29) is 12.1 Å². The summed E-state index contributed by atoms with van der Waals surface area (Å²) in [5.41, 5.74) is 0.455. The number of ether oxygens (including phenoxy) is 1. The molecule has 3 fully saturated rings. The largest absolute Gasteiger partial charge is 0.459 e. The molecule has 3 heteroatoms. The molecule has 0 radical (unpaired) electrons. The fourth-order valence-electron chi connectivity index (χ4n) is 4.74. The molecule has 0 amide bonds. The van der Waals surface area contributed by atoms with E-state index >= 15 is 0 Å². The van der Waals surface area contributed by atoms with Gasteiger partial charge in [0.05, 0.1) is 6.10 Å². The van der Waals surface area contributed by atoms with E-state index < -0.39 is 0 Å². The lowest BCUT2D eigenvalue weighted by Crippen LogP contribution is -2.27. The summed E-state index contributed by atoms with van der Waals surface area (Å²) in [5, 5.41) is 0. The quantitative estimate of drug-likeness (QED) is 0.578. The Hall–Kier alpha value is -1.12. The van der Waals surface area contributed by atoms with Crippen molar-refractivity contribution in [3.63, 3.8) is 0 Å². The molecular formula is C16H22O3. The summed E-state index contributed by atoms with van der Waals surface area (Å²) in [6.45, 7) is 7.24. The summed E-state index contributed by atoms with van der Waals surface area (Å²) < 4.78 is 5.39. The van der Waals surface area contributed by atoms with Crippen LogP contribution in [0.25, 0.3) is 0 Å². The number of carbonyl (C=O) groups is 2. The van der Waals surface area contributed by atoms with Crippen LogP contribution in [0, 0.1) is 29.6 Å². The van der Waals surface area contributed by atoms with Crippen LogP contribution in [0.15, 0.2) is 12.2 Å². The van der Waals surface area contributed by atoms with Crippen molar-refractivity contribution < 1.29 is 14.3 Å². The Balaban J connectivity index is 1.61. The minimum atomic E-state index is -0.295. The van der Waals surface area contributed by atoms with Gasteiger partial charge in [-0.1, -0.05) is 6.58 Å². The smallest absolute Gasteiger partial charge is 0.333 e. The lowest BCUT2D eigenvalue weighted by atomic mass is 9.77.